The first-order valence-corrected chi connectivity index (χ1v) is 9.25. The number of aromatic nitrogens is 8. The summed E-state index contributed by atoms with van der Waals surface area (Å²) >= 11 is 1.58. The summed E-state index contributed by atoms with van der Waals surface area (Å²) in [6.07, 6.45) is 5.44. The van der Waals surface area contributed by atoms with Crippen molar-refractivity contribution >= 4 is 16.9 Å². The molecule has 0 unspecified atom stereocenters. The summed E-state index contributed by atoms with van der Waals surface area (Å²) in [5.41, 5.74) is 5.77. The normalized spacial score (nSPS) is 11.5. The highest BCUT2D eigenvalue weighted by molar-refractivity contribution is 7.19. The minimum Gasteiger partial charge on any atom is -0.275 e. The average molecular weight is 376 g/mol. The smallest absolute Gasteiger partial charge is 0.167 e. The van der Waals surface area contributed by atoms with E-state index in [1.54, 1.807) is 16.0 Å². The molecule has 9 heteroatoms. The standard InChI is InChI=1S/C18H16N8S/c1-10-12(8-25(3)23-10)15-16(17-19-9-20-22-17)27-18(21-15)14-11(2)24-26-7-5-4-6-13(14)26/h4-9H,1-3H3,(H,19,20,22). The van der Waals surface area contributed by atoms with Crippen LogP contribution in [0.3, 0.4) is 0 Å². The molecular formula is C18H16N8S. The van der Waals surface area contributed by atoms with Crippen LogP contribution in [0, 0.1) is 13.8 Å². The van der Waals surface area contributed by atoms with Crippen LogP contribution in [0.25, 0.3) is 38.0 Å². The van der Waals surface area contributed by atoms with E-state index in [0.717, 1.165) is 43.6 Å². The molecular weight excluding hydrogens is 360 g/mol. The predicted octanol–water partition coefficient (Wildman–Crippen LogP) is 3.26. The van der Waals surface area contributed by atoms with Crippen LogP contribution >= 0.6 is 11.3 Å². The predicted molar refractivity (Wildman–Crippen MR) is 103 cm³/mol. The molecule has 0 spiro atoms. The molecule has 0 saturated carbocycles. The van der Waals surface area contributed by atoms with E-state index in [9.17, 15) is 0 Å². The highest BCUT2D eigenvalue weighted by Crippen LogP contribution is 2.41. The molecule has 5 aromatic rings. The second-order valence-electron chi connectivity index (χ2n) is 6.32. The Labute approximate surface area is 158 Å². The number of aromatic amines is 1. The molecule has 27 heavy (non-hydrogen) atoms. The Kier molecular flexibility index (Phi) is 3.44. The molecule has 0 aliphatic carbocycles. The Bertz CT molecular complexity index is 1260. The van der Waals surface area contributed by atoms with E-state index in [1.807, 2.05) is 49.9 Å². The number of H-pyrrole nitrogens is 1. The number of aryl methyl sites for hydroxylation is 3. The maximum Gasteiger partial charge on any atom is 0.167 e. The van der Waals surface area contributed by atoms with E-state index in [4.69, 9.17) is 4.98 Å². The van der Waals surface area contributed by atoms with Gasteiger partial charge in [0.15, 0.2) is 5.82 Å². The fourth-order valence-electron chi connectivity index (χ4n) is 3.30. The van der Waals surface area contributed by atoms with Crippen molar-refractivity contribution in [3.63, 3.8) is 0 Å². The van der Waals surface area contributed by atoms with Crippen LogP contribution in [0.2, 0.25) is 0 Å². The first-order valence-electron chi connectivity index (χ1n) is 8.43. The maximum atomic E-state index is 4.99. The van der Waals surface area contributed by atoms with Crippen molar-refractivity contribution in [1.29, 1.82) is 0 Å². The third-order valence-corrected chi connectivity index (χ3v) is 5.53. The van der Waals surface area contributed by atoms with Gasteiger partial charge in [-0.2, -0.15) is 15.3 Å². The van der Waals surface area contributed by atoms with E-state index in [-0.39, 0.29) is 0 Å². The van der Waals surface area contributed by atoms with Gasteiger partial charge in [0.05, 0.1) is 33.0 Å². The average Bonchev–Trinajstić information content (AvgIpc) is 3.39. The van der Waals surface area contributed by atoms with Gasteiger partial charge < -0.3 is 0 Å². The Morgan fingerprint density at radius 1 is 1.11 bits per heavy atom. The summed E-state index contributed by atoms with van der Waals surface area (Å²) in [5.74, 6) is 0.700. The maximum absolute atomic E-state index is 4.99. The van der Waals surface area contributed by atoms with Crippen LogP contribution < -0.4 is 0 Å². The fraction of sp³-hybridized carbons (Fsp3) is 0.167. The van der Waals surface area contributed by atoms with Gasteiger partial charge in [0.2, 0.25) is 0 Å². The molecule has 5 aromatic heterocycles. The monoisotopic (exact) mass is 376 g/mol. The SMILES string of the molecule is Cc1nn(C)cc1-c1nc(-c2c(C)nn3ccccc23)sc1-c1ncn[nH]1. The molecule has 0 amide bonds. The second-order valence-corrected chi connectivity index (χ2v) is 7.32. The number of hydrogen-bond donors (Lipinski definition) is 1. The number of fused-ring (bicyclic) bond motifs is 1. The largest absolute Gasteiger partial charge is 0.275 e. The van der Waals surface area contributed by atoms with Crippen LogP contribution in [0.4, 0.5) is 0 Å². The summed E-state index contributed by atoms with van der Waals surface area (Å²) in [5, 5.41) is 17.0. The Balaban J connectivity index is 1.79. The third-order valence-electron chi connectivity index (χ3n) is 4.45. The number of thiazole rings is 1. The van der Waals surface area contributed by atoms with E-state index in [2.05, 4.69) is 31.4 Å². The summed E-state index contributed by atoms with van der Waals surface area (Å²) in [7, 11) is 1.91. The number of pyridine rings is 1. The van der Waals surface area contributed by atoms with E-state index >= 15 is 0 Å². The van der Waals surface area contributed by atoms with Crippen molar-refractivity contribution in [3.8, 4) is 32.5 Å². The van der Waals surface area contributed by atoms with Crippen molar-refractivity contribution in [2.24, 2.45) is 7.05 Å². The van der Waals surface area contributed by atoms with Gasteiger partial charge in [0.1, 0.15) is 11.3 Å². The molecule has 0 atom stereocenters. The van der Waals surface area contributed by atoms with Crippen LogP contribution in [0.15, 0.2) is 36.9 Å². The number of rotatable bonds is 3. The lowest BCUT2D eigenvalue weighted by molar-refractivity contribution is 0.756. The van der Waals surface area contributed by atoms with Crippen LogP contribution in [0.1, 0.15) is 11.4 Å². The van der Waals surface area contributed by atoms with E-state index < -0.39 is 0 Å². The van der Waals surface area contributed by atoms with Gasteiger partial charge in [-0.15, -0.1) is 11.3 Å². The third kappa shape index (κ3) is 2.47. The van der Waals surface area contributed by atoms with Crippen LogP contribution in [-0.4, -0.2) is 39.6 Å². The van der Waals surface area contributed by atoms with Crippen molar-refractivity contribution in [2.45, 2.75) is 13.8 Å². The molecule has 0 aromatic carbocycles. The van der Waals surface area contributed by atoms with Crippen LogP contribution in [0.5, 0.6) is 0 Å². The Morgan fingerprint density at radius 3 is 2.74 bits per heavy atom. The zero-order chi connectivity index (χ0) is 18.5. The van der Waals surface area contributed by atoms with E-state index in [1.165, 1.54) is 6.33 Å². The first-order chi connectivity index (χ1) is 13.1. The summed E-state index contributed by atoms with van der Waals surface area (Å²) in [4.78, 5) is 10.3. The molecule has 1 N–H and O–H groups in total. The molecule has 0 fully saturated rings. The topological polar surface area (TPSA) is 89.6 Å². The lowest BCUT2D eigenvalue weighted by Crippen LogP contribution is -1.86. The molecule has 5 heterocycles. The molecule has 0 radical (unpaired) electrons. The molecule has 0 aliphatic heterocycles. The van der Waals surface area contributed by atoms with Crippen molar-refractivity contribution in [1.82, 2.24) is 39.6 Å². The van der Waals surface area contributed by atoms with Gasteiger partial charge in [-0.05, 0) is 26.0 Å². The van der Waals surface area contributed by atoms with Crippen molar-refractivity contribution < 1.29 is 0 Å². The molecule has 0 aliphatic rings. The fourth-order valence-corrected chi connectivity index (χ4v) is 4.43. The van der Waals surface area contributed by atoms with Gasteiger partial charge in [0.25, 0.3) is 0 Å². The molecule has 5 rings (SSSR count). The molecule has 8 nitrogen and oxygen atoms in total. The Hall–Kier alpha value is -3.33. The van der Waals surface area contributed by atoms with Gasteiger partial charge >= 0.3 is 0 Å². The minimum absolute atomic E-state index is 0.700. The van der Waals surface area contributed by atoms with Crippen molar-refractivity contribution in [3.05, 3.63) is 48.3 Å². The van der Waals surface area contributed by atoms with Gasteiger partial charge in [-0.1, -0.05) is 6.07 Å². The second kappa shape index (κ2) is 5.85. The zero-order valence-electron chi connectivity index (χ0n) is 15.0. The van der Waals surface area contributed by atoms with Crippen molar-refractivity contribution in [2.75, 3.05) is 0 Å². The first kappa shape index (κ1) is 15.9. The molecule has 0 bridgehead atoms. The van der Waals surface area contributed by atoms with E-state index in [0.29, 0.717) is 5.82 Å². The number of nitrogens with zero attached hydrogens (tertiary/aromatic N) is 7. The lowest BCUT2D eigenvalue weighted by Gasteiger charge is -1.97. The minimum atomic E-state index is 0.700. The highest BCUT2D eigenvalue weighted by atomic mass is 32.1. The highest BCUT2D eigenvalue weighted by Gasteiger charge is 2.23. The lowest BCUT2D eigenvalue weighted by atomic mass is 10.1. The Morgan fingerprint density at radius 2 is 2.00 bits per heavy atom. The summed E-state index contributed by atoms with van der Waals surface area (Å²) in [6.45, 7) is 3.99. The zero-order valence-corrected chi connectivity index (χ0v) is 15.8. The number of hydrogen-bond acceptors (Lipinski definition) is 6. The van der Waals surface area contributed by atoms with Gasteiger partial charge in [-0.3, -0.25) is 9.78 Å². The van der Waals surface area contributed by atoms with Gasteiger partial charge in [-0.25, -0.2) is 14.5 Å². The number of nitrogens with one attached hydrogen (secondary N) is 1. The summed E-state index contributed by atoms with van der Waals surface area (Å²) in [6, 6.07) is 6.03. The quantitative estimate of drug-likeness (QED) is 0.522. The van der Waals surface area contributed by atoms with Crippen LogP contribution in [-0.2, 0) is 7.05 Å². The van der Waals surface area contributed by atoms with Gasteiger partial charge in [0, 0.05) is 25.0 Å². The molecule has 0 saturated heterocycles. The summed E-state index contributed by atoms with van der Waals surface area (Å²) < 4.78 is 3.68. The molecule has 134 valence electrons.